The number of hydrogen-bond acceptors (Lipinski definition) is 3. The molecule has 0 heterocycles. The van der Waals surface area contributed by atoms with Crippen molar-refractivity contribution >= 4 is 11.6 Å². The van der Waals surface area contributed by atoms with Gasteiger partial charge in [0, 0.05) is 6.04 Å². The van der Waals surface area contributed by atoms with E-state index in [9.17, 15) is 4.79 Å². The van der Waals surface area contributed by atoms with Crippen molar-refractivity contribution < 1.29 is 9.53 Å². The van der Waals surface area contributed by atoms with Gasteiger partial charge in [-0.3, -0.25) is 10.1 Å². The van der Waals surface area contributed by atoms with E-state index in [0.29, 0.717) is 11.4 Å². The number of aryl methyl sites for hydroxylation is 1. The lowest BCUT2D eigenvalue weighted by atomic mass is 10.0. The van der Waals surface area contributed by atoms with Crippen molar-refractivity contribution in [3.63, 3.8) is 0 Å². The summed E-state index contributed by atoms with van der Waals surface area (Å²) < 4.78 is 5.27. The van der Waals surface area contributed by atoms with Gasteiger partial charge in [-0.2, -0.15) is 0 Å². The summed E-state index contributed by atoms with van der Waals surface area (Å²) in [5.74, 6) is 0.577. The van der Waals surface area contributed by atoms with Crippen LogP contribution in [0.4, 0.5) is 5.69 Å². The van der Waals surface area contributed by atoms with Gasteiger partial charge in [0.2, 0.25) is 5.91 Å². The van der Waals surface area contributed by atoms with E-state index in [1.165, 1.54) is 11.1 Å². The molecule has 0 spiro atoms. The van der Waals surface area contributed by atoms with Crippen molar-refractivity contribution in [3.05, 3.63) is 59.7 Å². The monoisotopic (exact) mass is 326 g/mol. The Labute approximate surface area is 144 Å². The highest BCUT2D eigenvalue weighted by Crippen LogP contribution is 2.23. The zero-order chi connectivity index (χ0) is 17.5. The first-order valence-electron chi connectivity index (χ1n) is 8.31. The quantitative estimate of drug-likeness (QED) is 0.806. The van der Waals surface area contributed by atoms with Crippen molar-refractivity contribution in [2.24, 2.45) is 0 Å². The van der Waals surface area contributed by atoms with Gasteiger partial charge in [-0.1, -0.05) is 48.9 Å². The molecule has 24 heavy (non-hydrogen) atoms. The van der Waals surface area contributed by atoms with Gasteiger partial charge in [0.05, 0.1) is 18.8 Å². The third-order valence-electron chi connectivity index (χ3n) is 4.10. The lowest BCUT2D eigenvalue weighted by molar-refractivity contribution is -0.118. The summed E-state index contributed by atoms with van der Waals surface area (Å²) in [6.07, 6.45) is 0.912. The number of nitrogens with one attached hydrogen (secondary N) is 2. The van der Waals surface area contributed by atoms with Gasteiger partial charge in [-0.05, 0) is 38.0 Å². The molecule has 1 amide bonds. The average molecular weight is 326 g/mol. The van der Waals surface area contributed by atoms with E-state index in [1.807, 2.05) is 31.2 Å². The Morgan fingerprint density at radius 2 is 1.79 bits per heavy atom. The van der Waals surface area contributed by atoms with E-state index in [0.717, 1.165) is 6.42 Å². The Kier molecular flexibility index (Phi) is 6.38. The minimum absolute atomic E-state index is 0.0786. The molecule has 0 aromatic heterocycles. The molecule has 0 saturated heterocycles. The predicted molar refractivity (Wildman–Crippen MR) is 98.4 cm³/mol. The zero-order valence-electron chi connectivity index (χ0n) is 14.8. The molecule has 128 valence electrons. The molecule has 4 heteroatoms. The highest BCUT2D eigenvalue weighted by atomic mass is 16.5. The van der Waals surface area contributed by atoms with Crippen molar-refractivity contribution in [2.75, 3.05) is 12.4 Å². The second-order valence-electron chi connectivity index (χ2n) is 5.95. The van der Waals surface area contributed by atoms with E-state index in [1.54, 1.807) is 7.11 Å². The van der Waals surface area contributed by atoms with Crippen LogP contribution < -0.4 is 15.4 Å². The SMILES string of the molecule is CC[C@H](N[C@@H](C)C(=O)Nc1ccccc1OC)c1ccc(C)cc1. The molecule has 0 bridgehead atoms. The normalized spacial score (nSPS) is 13.2. The number of methoxy groups -OCH3 is 1. The van der Waals surface area contributed by atoms with E-state index in [2.05, 4.69) is 48.7 Å². The van der Waals surface area contributed by atoms with Gasteiger partial charge in [0.1, 0.15) is 5.75 Å². The maximum atomic E-state index is 12.5. The Morgan fingerprint density at radius 1 is 1.12 bits per heavy atom. The molecular formula is C20H26N2O2. The van der Waals surface area contributed by atoms with Crippen LogP contribution in [-0.2, 0) is 4.79 Å². The van der Waals surface area contributed by atoms with Crippen LogP contribution in [-0.4, -0.2) is 19.1 Å². The molecule has 2 aromatic carbocycles. The number of rotatable bonds is 7. The number of hydrogen-bond donors (Lipinski definition) is 2. The largest absolute Gasteiger partial charge is 0.495 e. The maximum Gasteiger partial charge on any atom is 0.241 e. The van der Waals surface area contributed by atoms with Crippen LogP contribution in [0.1, 0.15) is 37.4 Å². The molecule has 0 radical (unpaired) electrons. The molecule has 0 aliphatic carbocycles. The van der Waals surface area contributed by atoms with Crippen LogP contribution in [0.2, 0.25) is 0 Å². The fourth-order valence-electron chi connectivity index (χ4n) is 2.61. The molecule has 0 aliphatic rings. The fourth-order valence-corrected chi connectivity index (χ4v) is 2.61. The molecule has 0 saturated carbocycles. The van der Waals surface area contributed by atoms with E-state index in [4.69, 9.17) is 4.74 Å². The Balaban J connectivity index is 2.03. The van der Waals surface area contributed by atoms with Crippen LogP contribution in [0.5, 0.6) is 5.75 Å². The summed E-state index contributed by atoms with van der Waals surface area (Å²) in [5, 5.41) is 6.33. The Bertz CT molecular complexity index is 668. The lowest BCUT2D eigenvalue weighted by Crippen LogP contribution is -2.40. The Hall–Kier alpha value is -2.33. The number of amides is 1. The number of anilines is 1. The topological polar surface area (TPSA) is 50.4 Å². The van der Waals surface area contributed by atoms with Crippen molar-refractivity contribution in [3.8, 4) is 5.75 Å². The molecule has 2 aromatic rings. The summed E-state index contributed by atoms with van der Waals surface area (Å²) in [5.41, 5.74) is 3.11. The number of carbonyl (C=O) groups is 1. The standard InChI is InChI=1S/C20H26N2O2/c1-5-17(16-12-10-14(2)11-13-16)21-15(3)20(23)22-18-8-6-7-9-19(18)24-4/h6-13,15,17,21H,5H2,1-4H3,(H,22,23)/t15-,17-/m0/s1. The second kappa shape index (κ2) is 8.50. The van der Waals surface area contributed by atoms with Gasteiger partial charge >= 0.3 is 0 Å². The van der Waals surface area contributed by atoms with Gasteiger partial charge in [-0.25, -0.2) is 0 Å². The number of ether oxygens (including phenoxy) is 1. The van der Waals surface area contributed by atoms with Crippen molar-refractivity contribution in [1.82, 2.24) is 5.32 Å². The van der Waals surface area contributed by atoms with Crippen LogP contribution in [0, 0.1) is 6.92 Å². The van der Waals surface area contributed by atoms with Crippen LogP contribution in [0.15, 0.2) is 48.5 Å². The van der Waals surface area contributed by atoms with Gasteiger partial charge < -0.3 is 10.1 Å². The fraction of sp³-hybridized carbons (Fsp3) is 0.350. The minimum atomic E-state index is -0.318. The highest BCUT2D eigenvalue weighted by Gasteiger charge is 2.19. The van der Waals surface area contributed by atoms with Gasteiger partial charge in [0.15, 0.2) is 0 Å². The first-order chi connectivity index (χ1) is 11.5. The molecule has 0 fully saturated rings. The highest BCUT2D eigenvalue weighted by molar-refractivity contribution is 5.95. The third kappa shape index (κ3) is 4.59. The smallest absolute Gasteiger partial charge is 0.241 e. The first-order valence-corrected chi connectivity index (χ1v) is 8.31. The van der Waals surface area contributed by atoms with E-state index in [-0.39, 0.29) is 18.0 Å². The predicted octanol–water partition coefficient (Wildman–Crippen LogP) is 4.07. The molecule has 4 nitrogen and oxygen atoms in total. The van der Waals surface area contributed by atoms with Crippen LogP contribution in [0.3, 0.4) is 0 Å². The molecule has 2 atom stereocenters. The summed E-state index contributed by atoms with van der Waals surface area (Å²) in [7, 11) is 1.59. The summed E-state index contributed by atoms with van der Waals surface area (Å²) in [4.78, 5) is 12.5. The first kappa shape index (κ1) is 18.0. The summed E-state index contributed by atoms with van der Waals surface area (Å²) >= 11 is 0. The number of carbonyl (C=O) groups excluding carboxylic acids is 1. The lowest BCUT2D eigenvalue weighted by Gasteiger charge is -2.22. The maximum absolute atomic E-state index is 12.5. The van der Waals surface area contributed by atoms with E-state index < -0.39 is 0 Å². The van der Waals surface area contributed by atoms with Crippen molar-refractivity contribution in [1.29, 1.82) is 0 Å². The molecule has 2 rings (SSSR count). The van der Waals surface area contributed by atoms with Crippen LogP contribution >= 0.6 is 0 Å². The Morgan fingerprint density at radius 3 is 2.42 bits per heavy atom. The summed E-state index contributed by atoms with van der Waals surface area (Å²) in [6.45, 7) is 6.06. The zero-order valence-corrected chi connectivity index (χ0v) is 14.8. The van der Waals surface area contributed by atoms with Gasteiger partial charge in [0.25, 0.3) is 0 Å². The van der Waals surface area contributed by atoms with Crippen molar-refractivity contribution in [2.45, 2.75) is 39.3 Å². The minimum Gasteiger partial charge on any atom is -0.495 e. The molecular weight excluding hydrogens is 300 g/mol. The second-order valence-corrected chi connectivity index (χ2v) is 5.95. The van der Waals surface area contributed by atoms with Gasteiger partial charge in [-0.15, -0.1) is 0 Å². The van der Waals surface area contributed by atoms with Crippen LogP contribution in [0.25, 0.3) is 0 Å². The third-order valence-corrected chi connectivity index (χ3v) is 4.10. The average Bonchev–Trinajstić information content (AvgIpc) is 2.60. The molecule has 2 N–H and O–H groups in total. The number of para-hydroxylation sites is 2. The van der Waals surface area contributed by atoms with E-state index >= 15 is 0 Å². The molecule has 0 unspecified atom stereocenters. The number of benzene rings is 2. The molecule has 0 aliphatic heterocycles. The summed E-state index contributed by atoms with van der Waals surface area (Å²) in [6, 6.07) is 15.7.